The molecule has 1 heterocycles. The summed E-state index contributed by atoms with van der Waals surface area (Å²) in [6, 6.07) is 5.62. The Balaban J connectivity index is 2.74. The zero-order valence-corrected chi connectivity index (χ0v) is 12.6. The first kappa shape index (κ1) is 15.8. The first-order valence-electron chi connectivity index (χ1n) is 6.38. The molecule has 0 aliphatic rings. The molecule has 1 N–H and O–H groups in total. The number of benzene rings is 1. The van der Waals surface area contributed by atoms with Crippen LogP contribution in [0.1, 0.15) is 6.92 Å². The van der Waals surface area contributed by atoms with E-state index in [-0.39, 0.29) is 16.2 Å². The molecule has 0 amide bonds. The number of rotatable bonds is 4. The summed E-state index contributed by atoms with van der Waals surface area (Å²) in [5.74, 6) is -0.226. The highest BCUT2D eigenvalue weighted by Crippen LogP contribution is 2.26. The summed E-state index contributed by atoms with van der Waals surface area (Å²) in [6.07, 6.45) is 5.61. The van der Waals surface area contributed by atoms with E-state index in [1.54, 1.807) is 13.0 Å². The molecule has 0 aliphatic carbocycles. The quantitative estimate of drug-likeness (QED) is 0.692. The van der Waals surface area contributed by atoms with Gasteiger partial charge in [0.2, 0.25) is 9.84 Å². The highest BCUT2D eigenvalue weighted by molar-refractivity contribution is 7.95. The van der Waals surface area contributed by atoms with E-state index >= 15 is 0 Å². The van der Waals surface area contributed by atoms with Gasteiger partial charge in [-0.2, -0.15) is 0 Å². The fraction of sp³-hybridized carbons (Fsp3) is 0.0625. The fourth-order valence-corrected chi connectivity index (χ4v) is 3.29. The fourth-order valence-electron chi connectivity index (χ4n) is 1.93. The average molecular weight is 318 g/mol. The van der Waals surface area contributed by atoms with E-state index in [2.05, 4.69) is 6.58 Å². The summed E-state index contributed by atoms with van der Waals surface area (Å²) in [5, 5.41) is 9.97. The van der Waals surface area contributed by atoms with Crippen LogP contribution in [0, 0.1) is 0 Å². The van der Waals surface area contributed by atoms with E-state index in [0.29, 0.717) is 5.39 Å². The molecule has 0 atom stereocenters. The van der Waals surface area contributed by atoms with Gasteiger partial charge in [0.1, 0.15) is 0 Å². The second-order valence-corrected chi connectivity index (χ2v) is 6.30. The van der Waals surface area contributed by atoms with Crippen molar-refractivity contribution in [2.24, 2.45) is 0 Å². The van der Waals surface area contributed by atoms with Crippen LogP contribution in [0.15, 0.2) is 74.2 Å². The van der Waals surface area contributed by atoms with Crippen molar-refractivity contribution < 1.29 is 17.9 Å². The number of sulfone groups is 1. The van der Waals surface area contributed by atoms with Gasteiger partial charge in [-0.05, 0) is 25.1 Å². The van der Waals surface area contributed by atoms with E-state index in [1.807, 2.05) is 0 Å². The van der Waals surface area contributed by atoms with Crippen molar-refractivity contribution in [2.75, 3.05) is 0 Å². The van der Waals surface area contributed by atoms with Gasteiger partial charge >= 0.3 is 5.63 Å². The second kappa shape index (κ2) is 6.03. The smallest absolute Gasteiger partial charge is 0.355 e. The van der Waals surface area contributed by atoms with Gasteiger partial charge in [-0.15, -0.1) is 0 Å². The molecule has 0 saturated heterocycles. The maximum absolute atomic E-state index is 12.5. The second-order valence-electron chi connectivity index (χ2n) is 4.38. The predicted molar refractivity (Wildman–Crippen MR) is 84.4 cm³/mol. The SMILES string of the molecule is C=C/C=C\C(=C/C)S(=O)(=O)c1cc2cccc(O)c2oc1=O. The minimum Gasteiger partial charge on any atom is -0.504 e. The number of aromatic hydroxyl groups is 1. The van der Waals surface area contributed by atoms with Crippen LogP contribution in [-0.2, 0) is 9.84 Å². The number of hydrogen-bond donors (Lipinski definition) is 1. The zero-order valence-electron chi connectivity index (χ0n) is 11.8. The molecule has 2 rings (SSSR count). The topological polar surface area (TPSA) is 84.6 Å². The van der Waals surface area contributed by atoms with Crippen LogP contribution >= 0.6 is 0 Å². The molecule has 0 unspecified atom stereocenters. The summed E-state index contributed by atoms with van der Waals surface area (Å²) in [6.45, 7) is 5.02. The van der Waals surface area contributed by atoms with Crippen molar-refractivity contribution in [3.63, 3.8) is 0 Å². The molecule has 0 fully saturated rings. The van der Waals surface area contributed by atoms with Crippen molar-refractivity contribution >= 4 is 20.8 Å². The highest BCUT2D eigenvalue weighted by atomic mass is 32.2. The number of hydrogen-bond acceptors (Lipinski definition) is 5. The number of phenols is 1. The monoisotopic (exact) mass is 318 g/mol. The molecule has 1 aromatic heterocycles. The van der Waals surface area contributed by atoms with Gasteiger partial charge in [0, 0.05) is 5.39 Å². The third-order valence-corrected chi connectivity index (χ3v) is 4.84. The Bertz CT molecular complexity index is 946. The number of para-hydroxylation sites is 1. The van der Waals surface area contributed by atoms with Crippen LogP contribution in [-0.4, -0.2) is 13.5 Å². The standard InChI is InChI=1S/C16H14O5S/c1-3-5-8-12(4-2)22(19,20)14-10-11-7-6-9-13(17)15(11)21-16(14)18/h3-10,17H,1H2,2H3/b8-5-,12-4+. The lowest BCUT2D eigenvalue weighted by Gasteiger charge is -2.05. The Morgan fingerprint density at radius 1 is 1.36 bits per heavy atom. The van der Waals surface area contributed by atoms with Gasteiger partial charge in [0.15, 0.2) is 16.2 Å². The van der Waals surface area contributed by atoms with Gasteiger partial charge in [-0.3, -0.25) is 0 Å². The molecule has 22 heavy (non-hydrogen) atoms. The molecule has 1 aromatic carbocycles. The lowest BCUT2D eigenvalue weighted by atomic mass is 10.2. The van der Waals surface area contributed by atoms with Crippen LogP contribution in [0.3, 0.4) is 0 Å². The Hall–Kier alpha value is -2.60. The summed E-state index contributed by atoms with van der Waals surface area (Å²) in [5.41, 5.74) is -1.07. The zero-order chi connectivity index (χ0) is 16.3. The maximum Gasteiger partial charge on any atom is 0.355 e. The molecule has 114 valence electrons. The van der Waals surface area contributed by atoms with Crippen LogP contribution < -0.4 is 5.63 Å². The summed E-state index contributed by atoms with van der Waals surface area (Å²) < 4.78 is 30.0. The summed E-state index contributed by atoms with van der Waals surface area (Å²) >= 11 is 0. The number of allylic oxidation sites excluding steroid dienone is 4. The van der Waals surface area contributed by atoms with E-state index < -0.39 is 20.4 Å². The van der Waals surface area contributed by atoms with Crippen molar-refractivity contribution in [3.05, 3.63) is 70.5 Å². The van der Waals surface area contributed by atoms with E-state index in [1.165, 1.54) is 42.5 Å². The van der Waals surface area contributed by atoms with Crippen molar-refractivity contribution in [3.8, 4) is 5.75 Å². The molecule has 0 aliphatic heterocycles. The Morgan fingerprint density at radius 2 is 2.09 bits per heavy atom. The van der Waals surface area contributed by atoms with Gasteiger partial charge in [0.05, 0.1) is 4.91 Å². The lowest BCUT2D eigenvalue weighted by Crippen LogP contribution is -2.15. The minimum atomic E-state index is -4.02. The number of phenolic OH excluding ortho intramolecular Hbond substituents is 1. The van der Waals surface area contributed by atoms with Crippen LogP contribution in [0.5, 0.6) is 5.75 Å². The van der Waals surface area contributed by atoms with E-state index in [4.69, 9.17) is 4.42 Å². The van der Waals surface area contributed by atoms with Crippen molar-refractivity contribution in [1.82, 2.24) is 0 Å². The predicted octanol–water partition coefficient (Wildman–Crippen LogP) is 2.92. The third-order valence-electron chi connectivity index (χ3n) is 2.99. The Morgan fingerprint density at radius 3 is 2.73 bits per heavy atom. The highest BCUT2D eigenvalue weighted by Gasteiger charge is 2.24. The molecule has 2 aromatic rings. The molecule has 0 spiro atoms. The molecule has 0 bridgehead atoms. The molecular weight excluding hydrogens is 304 g/mol. The summed E-state index contributed by atoms with van der Waals surface area (Å²) in [4.78, 5) is 11.5. The average Bonchev–Trinajstić information content (AvgIpc) is 2.48. The van der Waals surface area contributed by atoms with Gasteiger partial charge in [-0.1, -0.05) is 36.9 Å². The third kappa shape index (κ3) is 2.73. The van der Waals surface area contributed by atoms with Crippen LogP contribution in [0.2, 0.25) is 0 Å². The van der Waals surface area contributed by atoms with Crippen LogP contribution in [0.4, 0.5) is 0 Å². The van der Waals surface area contributed by atoms with E-state index in [9.17, 15) is 18.3 Å². The minimum absolute atomic E-state index is 0.0424. The molecule has 6 heteroatoms. The van der Waals surface area contributed by atoms with Crippen LogP contribution in [0.25, 0.3) is 11.0 Å². The molecular formula is C16H14O5S. The first-order valence-corrected chi connectivity index (χ1v) is 7.86. The summed E-state index contributed by atoms with van der Waals surface area (Å²) in [7, 11) is -4.02. The van der Waals surface area contributed by atoms with E-state index in [0.717, 1.165) is 0 Å². The first-order chi connectivity index (χ1) is 10.4. The lowest BCUT2D eigenvalue weighted by molar-refractivity contribution is 0.453. The normalized spacial score (nSPS) is 12.9. The molecule has 0 radical (unpaired) electrons. The van der Waals surface area contributed by atoms with Gasteiger partial charge < -0.3 is 9.52 Å². The van der Waals surface area contributed by atoms with Crippen molar-refractivity contribution in [1.29, 1.82) is 0 Å². The molecule has 0 saturated carbocycles. The van der Waals surface area contributed by atoms with Gasteiger partial charge in [-0.25, -0.2) is 13.2 Å². The Kier molecular flexibility index (Phi) is 4.32. The number of fused-ring (bicyclic) bond motifs is 1. The largest absolute Gasteiger partial charge is 0.504 e. The van der Waals surface area contributed by atoms with Crippen molar-refractivity contribution in [2.45, 2.75) is 11.8 Å². The van der Waals surface area contributed by atoms with Gasteiger partial charge in [0.25, 0.3) is 0 Å². The maximum atomic E-state index is 12.5. The Labute approximate surface area is 127 Å². The molecule has 5 nitrogen and oxygen atoms in total.